The molecule has 0 aliphatic carbocycles. The zero-order chi connectivity index (χ0) is 18.1. The van der Waals surface area contributed by atoms with Gasteiger partial charge < -0.3 is 15.0 Å². The molecule has 1 heterocycles. The molecule has 0 bridgehead atoms. The molecule has 1 atom stereocenters. The highest BCUT2D eigenvalue weighted by atomic mass is 16.5. The number of likely N-dealkylation sites (tertiary alicyclic amines) is 1. The van der Waals surface area contributed by atoms with Gasteiger partial charge in [-0.1, -0.05) is 19.1 Å². The molecule has 1 saturated heterocycles. The highest BCUT2D eigenvalue weighted by Gasteiger charge is 2.24. The number of carbonyl (C=O) groups excluding carboxylic acids is 2. The first-order valence-corrected chi connectivity index (χ1v) is 9.46. The third-order valence-corrected chi connectivity index (χ3v) is 4.70. The average molecular weight is 346 g/mol. The number of rotatable bonds is 8. The number of hydrogen-bond donors (Lipinski definition) is 1. The van der Waals surface area contributed by atoms with Crippen molar-refractivity contribution in [2.75, 3.05) is 19.7 Å². The van der Waals surface area contributed by atoms with Crippen LogP contribution in [0.5, 0.6) is 5.75 Å². The zero-order valence-electron chi connectivity index (χ0n) is 15.4. The second-order valence-electron chi connectivity index (χ2n) is 6.43. The molecule has 2 amide bonds. The zero-order valence-corrected chi connectivity index (χ0v) is 15.4. The fourth-order valence-electron chi connectivity index (χ4n) is 3.37. The van der Waals surface area contributed by atoms with Crippen LogP contribution in [0.4, 0.5) is 0 Å². The average Bonchev–Trinajstić information content (AvgIpc) is 2.65. The summed E-state index contributed by atoms with van der Waals surface area (Å²) in [6.07, 6.45) is 5.62. The molecule has 25 heavy (non-hydrogen) atoms. The molecule has 1 aromatic rings. The van der Waals surface area contributed by atoms with Crippen LogP contribution in [0.15, 0.2) is 24.3 Å². The van der Waals surface area contributed by atoms with E-state index in [4.69, 9.17) is 4.74 Å². The Kier molecular flexibility index (Phi) is 7.76. The van der Waals surface area contributed by atoms with Gasteiger partial charge in [0.05, 0.1) is 12.2 Å². The smallest absolute Gasteiger partial charge is 0.255 e. The molecule has 0 aromatic heterocycles. The maximum atomic E-state index is 12.4. The Morgan fingerprint density at radius 3 is 2.80 bits per heavy atom. The van der Waals surface area contributed by atoms with Gasteiger partial charge in [-0.05, 0) is 51.2 Å². The van der Waals surface area contributed by atoms with Crippen LogP contribution in [0.2, 0.25) is 0 Å². The van der Waals surface area contributed by atoms with Gasteiger partial charge in [0, 0.05) is 25.6 Å². The van der Waals surface area contributed by atoms with Crippen LogP contribution < -0.4 is 10.1 Å². The number of benzene rings is 1. The molecular weight excluding hydrogens is 316 g/mol. The quantitative estimate of drug-likeness (QED) is 0.734. The number of carbonyl (C=O) groups is 2. The summed E-state index contributed by atoms with van der Waals surface area (Å²) >= 11 is 0. The van der Waals surface area contributed by atoms with E-state index in [2.05, 4.69) is 12.2 Å². The van der Waals surface area contributed by atoms with Crippen molar-refractivity contribution in [2.24, 2.45) is 0 Å². The van der Waals surface area contributed by atoms with E-state index in [9.17, 15) is 9.59 Å². The van der Waals surface area contributed by atoms with Gasteiger partial charge in [-0.15, -0.1) is 0 Å². The van der Waals surface area contributed by atoms with Crippen molar-refractivity contribution in [3.05, 3.63) is 29.8 Å². The fourth-order valence-corrected chi connectivity index (χ4v) is 3.37. The van der Waals surface area contributed by atoms with Gasteiger partial charge in [-0.2, -0.15) is 0 Å². The monoisotopic (exact) mass is 346 g/mol. The van der Waals surface area contributed by atoms with E-state index in [1.807, 2.05) is 24.0 Å². The SMILES string of the molecule is CCOc1ccccc1C(=O)NCCCC(=O)N1CCCCC1CC. The summed E-state index contributed by atoms with van der Waals surface area (Å²) in [4.78, 5) is 26.8. The minimum atomic E-state index is -0.152. The molecule has 1 unspecified atom stereocenters. The summed E-state index contributed by atoms with van der Waals surface area (Å²) in [7, 11) is 0. The topological polar surface area (TPSA) is 58.6 Å². The van der Waals surface area contributed by atoms with Crippen molar-refractivity contribution in [1.82, 2.24) is 10.2 Å². The van der Waals surface area contributed by atoms with E-state index >= 15 is 0 Å². The third-order valence-electron chi connectivity index (χ3n) is 4.70. The van der Waals surface area contributed by atoms with E-state index < -0.39 is 0 Å². The third kappa shape index (κ3) is 5.48. The Labute approximate surface area is 150 Å². The van der Waals surface area contributed by atoms with E-state index in [0.717, 1.165) is 25.8 Å². The summed E-state index contributed by atoms with van der Waals surface area (Å²) in [5.74, 6) is 0.661. The number of piperidine rings is 1. The normalized spacial score (nSPS) is 17.2. The van der Waals surface area contributed by atoms with Gasteiger partial charge >= 0.3 is 0 Å². The van der Waals surface area contributed by atoms with Crippen molar-refractivity contribution < 1.29 is 14.3 Å². The molecule has 138 valence electrons. The second-order valence-corrected chi connectivity index (χ2v) is 6.43. The summed E-state index contributed by atoms with van der Waals surface area (Å²) < 4.78 is 5.48. The van der Waals surface area contributed by atoms with E-state index in [1.54, 1.807) is 12.1 Å². The van der Waals surface area contributed by atoms with Gasteiger partial charge in [0.15, 0.2) is 0 Å². The first-order chi connectivity index (χ1) is 12.2. The second kappa shape index (κ2) is 10.1. The Morgan fingerprint density at radius 2 is 2.04 bits per heavy atom. The molecule has 1 fully saturated rings. The molecule has 2 rings (SSSR count). The highest BCUT2D eigenvalue weighted by molar-refractivity contribution is 5.96. The number of hydrogen-bond acceptors (Lipinski definition) is 3. The Balaban J connectivity index is 1.77. The predicted molar refractivity (Wildman–Crippen MR) is 98.8 cm³/mol. The number of para-hydroxylation sites is 1. The molecule has 1 N–H and O–H groups in total. The van der Waals surface area contributed by atoms with Gasteiger partial charge in [-0.25, -0.2) is 0 Å². The summed E-state index contributed by atoms with van der Waals surface area (Å²) in [5, 5.41) is 2.89. The predicted octanol–water partition coefficient (Wildman–Crippen LogP) is 3.39. The van der Waals surface area contributed by atoms with Crippen LogP contribution in [-0.2, 0) is 4.79 Å². The summed E-state index contributed by atoms with van der Waals surface area (Å²) in [6, 6.07) is 7.62. The maximum Gasteiger partial charge on any atom is 0.255 e. The maximum absolute atomic E-state index is 12.4. The molecule has 0 radical (unpaired) electrons. The molecule has 0 spiro atoms. The van der Waals surface area contributed by atoms with Crippen molar-refractivity contribution in [2.45, 2.75) is 58.4 Å². The van der Waals surface area contributed by atoms with Gasteiger partial charge in [0.1, 0.15) is 5.75 Å². The number of nitrogens with one attached hydrogen (secondary N) is 1. The van der Waals surface area contributed by atoms with Crippen LogP contribution in [0.25, 0.3) is 0 Å². The Bertz CT molecular complexity index is 574. The van der Waals surface area contributed by atoms with Crippen LogP contribution in [0.3, 0.4) is 0 Å². The van der Waals surface area contributed by atoms with Gasteiger partial charge in [0.25, 0.3) is 5.91 Å². The number of ether oxygens (including phenoxy) is 1. The fraction of sp³-hybridized carbons (Fsp3) is 0.600. The Hall–Kier alpha value is -2.04. The van der Waals surface area contributed by atoms with Crippen LogP contribution in [0.1, 0.15) is 62.7 Å². The van der Waals surface area contributed by atoms with Gasteiger partial charge in [0.2, 0.25) is 5.91 Å². The molecule has 1 aliphatic rings. The summed E-state index contributed by atoms with van der Waals surface area (Å²) in [5.41, 5.74) is 0.540. The standard InChI is InChI=1S/C20H30N2O3/c1-3-16-10-7-8-15-22(16)19(23)13-9-14-21-20(24)17-11-5-6-12-18(17)25-4-2/h5-6,11-12,16H,3-4,7-10,13-15H2,1-2H3,(H,21,24). The molecule has 0 saturated carbocycles. The molecule has 5 heteroatoms. The van der Waals surface area contributed by atoms with Crippen LogP contribution in [0, 0.1) is 0 Å². The number of nitrogens with zero attached hydrogens (tertiary/aromatic N) is 1. The highest BCUT2D eigenvalue weighted by Crippen LogP contribution is 2.20. The van der Waals surface area contributed by atoms with E-state index in [-0.39, 0.29) is 11.8 Å². The van der Waals surface area contributed by atoms with Gasteiger partial charge in [-0.3, -0.25) is 9.59 Å². The first kappa shape index (κ1) is 19.3. The first-order valence-electron chi connectivity index (χ1n) is 9.46. The Morgan fingerprint density at radius 1 is 1.24 bits per heavy atom. The lowest BCUT2D eigenvalue weighted by atomic mass is 9.99. The lowest BCUT2D eigenvalue weighted by Crippen LogP contribution is -2.43. The minimum Gasteiger partial charge on any atom is -0.493 e. The van der Waals surface area contributed by atoms with Crippen molar-refractivity contribution in [1.29, 1.82) is 0 Å². The molecular formula is C20H30N2O3. The molecule has 1 aliphatic heterocycles. The van der Waals surface area contributed by atoms with Crippen LogP contribution in [-0.4, -0.2) is 42.5 Å². The largest absolute Gasteiger partial charge is 0.493 e. The number of amides is 2. The van der Waals surface area contributed by atoms with Crippen LogP contribution >= 0.6 is 0 Å². The van der Waals surface area contributed by atoms with E-state index in [0.29, 0.717) is 43.3 Å². The van der Waals surface area contributed by atoms with Crippen molar-refractivity contribution in [3.8, 4) is 5.75 Å². The molecule has 5 nitrogen and oxygen atoms in total. The molecule has 1 aromatic carbocycles. The van der Waals surface area contributed by atoms with Crippen molar-refractivity contribution in [3.63, 3.8) is 0 Å². The van der Waals surface area contributed by atoms with Crippen molar-refractivity contribution >= 4 is 11.8 Å². The minimum absolute atomic E-state index is 0.152. The summed E-state index contributed by atoms with van der Waals surface area (Å²) in [6.45, 7) is 5.94. The van der Waals surface area contributed by atoms with E-state index in [1.165, 1.54) is 6.42 Å². The lowest BCUT2D eigenvalue weighted by Gasteiger charge is -2.35. The lowest BCUT2D eigenvalue weighted by molar-refractivity contribution is -0.135.